The van der Waals surface area contributed by atoms with E-state index >= 15 is 0 Å². The molecule has 0 bridgehead atoms. The fraction of sp³-hybridized carbons (Fsp3) is 0.917. The molecule has 0 atom stereocenters. The average Bonchev–Trinajstić information content (AvgIpc) is 2.47. The number of rotatable bonds is 10. The van der Waals surface area contributed by atoms with Gasteiger partial charge < -0.3 is 42.8 Å². The Morgan fingerprint density at radius 2 is 1.04 bits per heavy atom. The fourth-order valence-electron chi connectivity index (χ4n) is 1.36. The van der Waals surface area contributed by atoms with Gasteiger partial charge in [0.25, 0.3) is 5.92 Å². The molecule has 0 spiro atoms. The molecule has 0 fully saturated rings. The van der Waals surface area contributed by atoms with E-state index < -0.39 is 30.4 Å². The minimum atomic E-state index is -6.79. The summed E-state index contributed by atoms with van der Waals surface area (Å²) in [7, 11) is 0. The van der Waals surface area contributed by atoms with Crippen molar-refractivity contribution < 1.29 is 54.8 Å². The van der Waals surface area contributed by atoms with Crippen molar-refractivity contribution in [2.45, 2.75) is 30.4 Å². The van der Waals surface area contributed by atoms with Crippen LogP contribution in [0.5, 0.6) is 0 Å². The molecule has 0 aromatic carbocycles. The largest absolute Gasteiger partial charge is 4.00 e. The molecule has 0 aromatic heterocycles. The first kappa shape index (κ1) is 31.8. The number of hydrogen-bond acceptors (Lipinski definition) is 4. The van der Waals surface area contributed by atoms with E-state index in [1.54, 1.807) is 4.90 Å². The maximum Gasteiger partial charge on any atom is 4.00 e. The molecule has 0 amide bonds. The van der Waals surface area contributed by atoms with Crippen molar-refractivity contribution in [3.8, 4) is 0 Å². The summed E-state index contributed by atoms with van der Waals surface area (Å²) in [5, 5.41) is 30.1. The number of nitrogens with zero attached hydrogens (tertiary/aromatic N) is 1. The van der Waals surface area contributed by atoms with Crippen LogP contribution >= 0.6 is 22.6 Å². The summed E-state index contributed by atoms with van der Waals surface area (Å²) in [6, 6.07) is 0. The van der Waals surface area contributed by atoms with Crippen molar-refractivity contribution in [1.29, 1.82) is 0 Å². The van der Waals surface area contributed by atoms with Gasteiger partial charge in [-0.3, -0.25) is 4.43 Å². The van der Waals surface area contributed by atoms with Crippen LogP contribution in [0.4, 0.5) is 39.5 Å². The molecule has 4 nitrogen and oxygen atoms in total. The van der Waals surface area contributed by atoms with Crippen LogP contribution in [0.2, 0.25) is 0 Å². The second-order valence-electron chi connectivity index (χ2n) is 4.66. The van der Waals surface area contributed by atoms with Gasteiger partial charge in [-0.1, -0.05) is 6.42 Å². The van der Waals surface area contributed by atoms with Gasteiger partial charge in [-0.15, -0.1) is 19.8 Å². The summed E-state index contributed by atoms with van der Waals surface area (Å²) >= 11 is 1.04. The Morgan fingerprint density at radius 1 is 0.704 bits per heavy atom. The second kappa shape index (κ2) is 13.4. The van der Waals surface area contributed by atoms with Gasteiger partial charge in [0.2, 0.25) is 0 Å². The summed E-state index contributed by atoms with van der Waals surface area (Å²) in [6.45, 7) is 0.263. The Kier molecular flexibility index (Phi) is 15.8. The van der Waals surface area contributed by atoms with Crippen molar-refractivity contribution in [3.63, 3.8) is 0 Å². The molecular weight excluding hydrogens is 532 g/mol. The van der Waals surface area contributed by atoms with E-state index in [2.05, 4.69) is 0 Å². The molecule has 0 aromatic rings. The zero-order chi connectivity index (χ0) is 21.2. The van der Waals surface area contributed by atoms with Gasteiger partial charge >= 0.3 is 29.0 Å². The average molecular weight is 547 g/mol. The summed E-state index contributed by atoms with van der Waals surface area (Å²) in [4.78, 5) is 1.60. The molecule has 0 radical (unpaired) electrons. The molecule has 0 aliphatic carbocycles. The van der Waals surface area contributed by atoms with Gasteiger partial charge in [-0.25, -0.2) is 8.78 Å². The first-order valence-corrected chi connectivity index (χ1v) is 7.99. The van der Waals surface area contributed by atoms with Gasteiger partial charge in [0.15, 0.2) is 0 Å². The Morgan fingerprint density at radius 3 is 1.26 bits per heavy atom. The monoisotopic (exact) mass is 547 g/mol. The van der Waals surface area contributed by atoms with Crippen LogP contribution in [0.25, 0.3) is 0 Å². The minimum Gasteiger partial charge on any atom is -0.854 e. The zero-order valence-electron chi connectivity index (χ0n) is 13.5. The molecule has 0 saturated carbocycles. The van der Waals surface area contributed by atoms with Gasteiger partial charge in [0, 0.05) is 0 Å². The van der Waals surface area contributed by atoms with E-state index in [-0.39, 0.29) is 30.8 Å². The van der Waals surface area contributed by atoms with Crippen LogP contribution in [0, 0.1) is 4.43 Å². The van der Waals surface area contributed by atoms with Crippen molar-refractivity contribution in [2.24, 2.45) is 0 Å². The van der Waals surface area contributed by atoms with Crippen LogP contribution in [0.1, 0.15) is 6.42 Å². The van der Waals surface area contributed by atoms with E-state index in [4.69, 9.17) is 0 Å². The molecule has 0 heterocycles. The van der Waals surface area contributed by atoms with Crippen LogP contribution in [-0.2, 0) is 0 Å². The van der Waals surface area contributed by atoms with Crippen LogP contribution in [-0.4, -0.2) is 79.3 Å². The predicted octanol–water partition coefficient (Wildman–Crippen LogP) is 0.430. The van der Waals surface area contributed by atoms with Crippen molar-refractivity contribution >= 4 is 33.6 Å². The third kappa shape index (κ3) is 9.47. The first-order valence-electron chi connectivity index (χ1n) is 6.75. The normalized spacial score (nSPS) is 13.1. The standard InChI is InChI=1S/C6H3F9I.C6H12NO3.Si/c7-3(8,1-2-16)4(9,10)5(11,12)6(13,14)15;8-4-1-7(2-5-9)3-6-10;/h2H,1H2;1-6H2;/q-1;-3;+4. The van der Waals surface area contributed by atoms with Gasteiger partial charge in [-0.2, -0.15) is 30.7 Å². The van der Waals surface area contributed by atoms with Crippen molar-refractivity contribution in [1.82, 2.24) is 4.90 Å². The first-order chi connectivity index (χ1) is 11.7. The van der Waals surface area contributed by atoms with E-state index in [0.717, 1.165) is 22.6 Å². The van der Waals surface area contributed by atoms with Crippen LogP contribution in [0.15, 0.2) is 0 Å². The predicted molar refractivity (Wildman–Crippen MR) is 80.6 cm³/mol. The third-order valence-electron chi connectivity index (χ3n) is 2.77. The quantitative estimate of drug-likeness (QED) is 0.172. The summed E-state index contributed by atoms with van der Waals surface area (Å²) in [5.74, 6) is -18.8. The van der Waals surface area contributed by atoms with E-state index in [0.29, 0.717) is 24.1 Å². The molecule has 0 aliphatic rings. The molecule has 0 unspecified atom stereocenters. The van der Waals surface area contributed by atoms with Crippen LogP contribution < -0.4 is 15.3 Å². The number of alkyl halides is 9. The third-order valence-corrected chi connectivity index (χ3v) is 3.21. The Bertz CT molecular complexity index is 375. The van der Waals surface area contributed by atoms with E-state index in [9.17, 15) is 54.8 Å². The smallest absolute Gasteiger partial charge is 0.854 e. The SMILES string of the molecule is FC(F)(F)C(F)(F)C(F)(F)C(F)(F)C[CH-]I.[O-]CCN(CC[O-])CC[O-].[Si+4]. The summed E-state index contributed by atoms with van der Waals surface area (Å²) in [5.41, 5.74) is 0. The maximum absolute atomic E-state index is 12.5. The molecule has 0 N–H and O–H groups in total. The zero-order valence-corrected chi connectivity index (χ0v) is 16.6. The molecule has 0 rings (SSSR count). The fourth-order valence-corrected chi connectivity index (χ4v) is 1.91. The van der Waals surface area contributed by atoms with Gasteiger partial charge in [-0.05, 0) is 19.6 Å². The van der Waals surface area contributed by atoms with Crippen molar-refractivity contribution in [2.75, 3.05) is 39.5 Å². The second-order valence-corrected chi connectivity index (χ2v) is 5.54. The van der Waals surface area contributed by atoms with E-state index in [1.165, 1.54) is 0 Å². The molecule has 0 saturated heterocycles. The number of hydrogen-bond donors (Lipinski definition) is 0. The summed E-state index contributed by atoms with van der Waals surface area (Å²) in [6.07, 6.45) is -8.64. The Balaban J connectivity index is -0.000000454. The Hall–Kier alpha value is 0.157. The van der Waals surface area contributed by atoms with Gasteiger partial charge in [0.1, 0.15) is 0 Å². The molecule has 160 valence electrons. The van der Waals surface area contributed by atoms with Crippen molar-refractivity contribution in [3.05, 3.63) is 4.43 Å². The molecule has 15 heteroatoms. The minimum absolute atomic E-state index is 0. The molecule has 0 aliphatic heterocycles. The van der Waals surface area contributed by atoms with Crippen LogP contribution in [0.3, 0.4) is 0 Å². The summed E-state index contributed by atoms with van der Waals surface area (Å²) < 4.78 is 109. The van der Waals surface area contributed by atoms with Gasteiger partial charge in [0.05, 0.1) is 0 Å². The Labute approximate surface area is 167 Å². The number of halogens is 10. The molecular formula is C12H15F9INO3Si. The maximum atomic E-state index is 12.5. The topological polar surface area (TPSA) is 72.4 Å². The van der Waals surface area contributed by atoms with E-state index in [1.807, 2.05) is 0 Å². The molecule has 27 heavy (non-hydrogen) atoms.